The average molecular weight is 460 g/mol. The van der Waals surface area contributed by atoms with Gasteiger partial charge in [0.25, 0.3) is 0 Å². The molecule has 1 aromatic heterocycles. The van der Waals surface area contributed by atoms with E-state index >= 15 is 0 Å². The van der Waals surface area contributed by atoms with E-state index in [1.807, 2.05) is 0 Å². The zero-order valence-electron chi connectivity index (χ0n) is 20.6. The van der Waals surface area contributed by atoms with Crippen LogP contribution >= 0.6 is 0 Å². The summed E-state index contributed by atoms with van der Waals surface area (Å²) in [5, 5.41) is 0. The van der Waals surface area contributed by atoms with Crippen LogP contribution in [0.25, 0.3) is 11.0 Å². The van der Waals surface area contributed by atoms with Gasteiger partial charge < -0.3 is 9.47 Å². The monoisotopic (exact) mass is 459 g/mol. The molecule has 34 heavy (non-hydrogen) atoms. The molecule has 0 spiro atoms. The van der Waals surface area contributed by atoms with E-state index in [0.29, 0.717) is 11.9 Å². The number of fused-ring (bicyclic) bond motifs is 1. The van der Waals surface area contributed by atoms with E-state index in [4.69, 9.17) is 4.98 Å². The molecule has 0 radical (unpaired) electrons. The van der Waals surface area contributed by atoms with Crippen molar-refractivity contribution in [1.82, 2.24) is 24.3 Å². The van der Waals surface area contributed by atoms with Gasteiger partial charge in [0.15, 0.2) is 0 Å². The van der Waals surface area contributed by atoms with E-state index in [2.05, 4.69) is 87.7 Å². The molecule has 2 aliphatic rings. The predicted molar refractivity (Wildman–Crippen MR) is 136 cm³/mol. The highest BCUT2D eigenvalue weighted by Crippen LogP contribution is 2.25. The van der Waals surface area contributed by atoms with Gasteiger partial charge in [-0.15, -0.1) is 0 Å². The van der Waals surface area contributed by atoms with E-state index in [1.54, 1.807) is 0 Å². The summed E-state index contributed by atoms with van der Waals surface area (Å²) in [7, 11) is 0. The number of benzene rings is 2. The largest absolute Gasteiger partial charge is 0.340 e. The number of carbonyl (C=O) groups is 1. The lowest BCUT2D eigenvalue weighted by molar-refractivity contribution is -0.139. The fourth-order valence-electron chi connectivity index (χ4n) is 5.61. The molecule has 2 aromatic carbocycles. The second-order valence-electron chi connectivity index (χ2n) is 10.1. The van der Waals surface area contributed by atoms with Gasteiger partial charge in [0.2, 0.25) is 5.91 Å². The number of hydrogen-bond donors (Lipinski definition) is 0. The first kappa shape index (κ1) is 23.1. The van der Waals surface area contributed by atoms with Gasteiger partial charge in [0, 0.05) is 45.3 Å². The molecule has 0 unspecified atom stereocenters. The number of carbonyl (C=O) groups excluding carboxylic acids is 1. The maximum absolute atomic E-state index is 13.4. The zero-order valence-corrected chi connectivity index (χ0v) is 20.6. The molecule has 0 saturated carbocycles. The molecule has 6 heteroatoms. The van der Waals surface area contributed by atoms with Crippen LogP contribution in [-0.2, 0) is 17.9 Å². The van der Waals surface area contributed by atoms with Crippen molar-refractivity contribution in [1.29, 1.82) is 0 Å². The summed E-state index contributed by atoms with van der Waals surface area (Å²) < 4.78 is 2.35. The Hall–Kier alpha value is -2.70. The molecule has 2 fully saturated rings. The normalized spacial score (nSPS) is 20.3. The van der Waals surface area contributed by atoms with Crippen LogP contribution in [0.15, 0.2) is 54.6 Å². The van der Waals surface area contributed by atoms with Gasteiger partial charge in [-0.05, 0) is 50.9 Å². The Labute approximate surface area is 203 Å². The van der Waals surface area contributed by atoms with Gasteiger partial charge in [-0.3, -0.25) is 14.6 Å². The molecule has 0 aliphatic carbocycles. The van der Waals surface area contributed by atoms with Crippen molar-refractivity contribution in [3.05, 3.63) is 66.0 Å². The van der Waals surface area contributed by atoms with Crippen molar-refractivity contribution < 1.29 is 4.79 Å². The Balaban J connectivity index is 1.19. The quantitative estimate of drug-likeness (QED) is 0.555. The lowest BCUT2D eigenvalue weighted by Gasteiger charge is -2.39. The lowest BCUT2D eigenvalue weighted by atomic mass is 9.96. The van der Waals surface area contributed by atoms with Gasteiger partial charge in [-0.2, -0.15) is 0 Å². The first-order chi connectivity index (χ1) is 16.6. The van der Waals surface area contributed by atoms with E-state index < -0.39 is 0 Å². The van der Waals surface area contributed by atoms with E-state index in [0.717, 1.165) is 76.5 Å². The Morgan fingerprint density at radius 3 is 2.41 bits per heavy atom. The highest BCUT2D eigenvalue weighted by atomic mass is 16.2. The van der Waals surface area contributed by atoms with Crippen LogP contribution in [0.1, 0.15) is 44.1 Å². The number of rotatable bonds is 6. The van der Waals surface area contributed by atoms with Gasteiger partial charge in [0.05, 0.1) is 23.5 Å². The Kier molecular flexibility index (Phi) is 6.97. The van der Waals surface area contributed by atoms with Crippen molar-refractivity contribution in [2.45, 2.75) is 45.8 Å². The number of piperazine rings is 1. The summed E-state index contributed by atoms with van der Waals surface area (Å²) in [5.41, 5.74) is 3.60. The standard InChI is InChI=1S/C28H37N5O/c1-22(2)33-26-13-7-6-12-25(26)29-27(33)21-31-14-8-11-24(20-31)28(34)32-17-15-30(16-18-32)19-23-9-4-3-5-10-23/h3-7,9-10,12-13,22,24H,8,11,14-21H2,1-2H3/t24-/m1/s1. The van der Waals surface area contributed by atoms with E-state index in [-0.39, 0.29) is 5.92 Å². The average Bonchev–Trinajstić information content (AvgIpc) is 3.23. The van der Waals surface area contributed by atoms with Crippen LogP contribution in [0, 0.1) is 5.92 Å². The molecule has 0 N–H and O–H groups in total. The second kappa shape index (κ2) is 10.3. The number of amides is 1. The number of piperidine rings is 1. The first-order valence-electron chi connectivity index (χ1n) is 12.8. The molecule has 0 bridgehead atoms. The third-order valence-corrected chi connectivity index (χ3v) is 7.34. The topological polar surface area (TPSA) is 44.6 Å². The molecule has 5 rings (SSSR count). The summed E-state index contributed by atoms with van der Waals surface area (Å²) in [6, 6.07) is 19.4. The summed E-state index contributed by atoms with van der Waals surface area (Å²) in [6.07, 6.45) is 2.08. The molecular formula is C28H37N5O. The highest BCUT2D eigenvalue weighted by molar-refractivity contribution is 5.79. The maximum atomic E-state index is 13.4. The molecular weight excluding hydrogens is 422 g/mol. The number of nitrogens with zero attached hydrogens (tertiary/aromatic N) is 5. The molecule has 1 amide bonds. The SMILES string of the molecule is CC(C)n1c(CN2CCC[C@@H](C(=O)N3CCN(Cc4ccccc4)CC3)C2)nc2ccccc21. The summed E-state index contributed by atoms with van der Waals surface area (Å²) in [4.78, 5) is 25.4. The van der Waals surface area contributed by atoms with Crippen LogP contribution in [0.3, 0.4) is 0 Å². The smallest absolute Gasteiger partial charge is 0.227 e. The molecule has 3 heterocycles. The van der Waals surface area contributed by atoms with Crippen LogP contribution in [0.2, 0.25) is 0 Å². The third-order valence-electron chi connectivity index (χ3n) is 7.34. The van der Waals surface area contributed by atoms with Crippen molar-refractivity contribution in [3.63, 3.8) is 0 Å². The number of imidazole rings is 1. The molecule has 180 valence electrons. The number of aromatic nitrogens is 2. The fourth-order valence-corrected chi connectivity index (χ4v) is 5.61. The maximum Gasteiger partial charge on any atom is 0.227 e. The minimum Gasteiger partial charge on any atom is -0.340 e. The minimum atomic E-state index is 0.103. The van der Waals surface area contributed by atoms with Crippen molar-refractivity contribution in [2.24, 2.45) is 5.92 Å². The molecule has 2 saturated heterocycles. The number of hydrogen-bond acceptors (Lipinski definition) is 4. The summed E-state index contributed by atoms with van der Waals surface area (Å²) in [5.74, 6) is 1.56. The molecule has 1 atom stereocenters. The third kappa shape index (κ3) is 5.03. The summed E-state index contributed by atoms with van der Waals surface area (Å²) >= 11 is 0. The fraction of sp³-hybridized carbons (Fsp3) is 0.500. The number of para-hydroxylation sites is 2. The van der Waals surface area contributed by atoms with Crippen LogP contribution in [0.4, 0.5) is 0 Å². The highest BCUT2D eigenvalue weighted by Gasteiger charge is 2.31. The van der Waals surface area contributed by atoms with Gasteiger partial charge in [-0.25, -0.2) is 4.98 Å². The van der Waals surface area contributed by atoms with Crippen LogP contribution in [0.5, 0.6) is 0 Å². The van der Waals surface area contributed by atoms with Gasteiger partial charge in [-0.1, -0.05) is 42.5 Å². The lowest BCUT2D eigenvalue weighted by Crippen LogP contribution is -2.52. The Morgan fingerprint density at radius 2 is 1.65 bits per heavy atom. The molecule has 3 aromatic rings. The van der Waals surface area contributed by atoms with Crippen LogP contribution in [-0.4, -0.2) is 69.4 Å². The zero-order chi connectivity index (χ0) is 23.5. The van der Waals surface area contributed by atoms with E-state index in [9.17, 15) is 4.79 Å². The van der Waals surface area contributed by atoms with Crippen molar-refractivity contribution >= 4 is 16.9 Å². The van der Waals surface area contributed by atoms with E-state index in [1.165, 1.54) is 11.1 Å². The van der Waals surface area contributed by atoms with Crippen LogP contribution < -0.4 is 0 Å². The second-order valence-corrected chi connectivity index (χ2v) is 10.1. The van der Waals surface area contributed by atoms with Crippen molar-refractivity contribution in [3.8, 4) is 0 Å². The summed E-state index contributed by atoms with van der Waals surface area (Å²) in [6.45, 7) is 11.7. The minimum absolute atomic E-state index is 0.103. The molecule has 2 aliphatic heterocycles. The predicted octanol–water partition coefficient (Wildman–Crippen LogP) is 4.17. The van der Waals surface area contributed by atoms with Gasteiger partial charge in [0.1, 0.15) is 5.82 Å². The Bertz CT molecular complexity index is 1100. The first-order valence-corrected chi connectivity index (χ1v) is 12.8. The Morgan fingerprint density at radius 1 is 0.912 bits per heavy atom. The number of likely N-dealkylation sites (tertiary alicyclic amines) is 1. The van der Waals surface area contributed by atoms with Gasteiger partial charge >= 0.3 is 0 Å². The molecule has 6 nitrogen and oxygen atoms in total. The van der Waals surface area contributed by atoms with Crippen molar-refractivity contribution in [2.75, 3.05) is 39.3 Å².